The highest BCUT2D eigenvalue weighted by Crippen LogP contribution is 2.40. The van der Waals surface area contributed by atoms with Crippen molar-refractivity contribution in [2.75, 3.05) is 0 Å². The molecule has 0 radical (unpaired) electrons. The summed E-state index contributed by atoms with van der Waals surface area (Å²) < 4.78 is 0. The van der Waals surface area contributed by atoms with E-state index >= 15 is 0 Å². The van der Waals surface area contributed by atoms with Crippen LogP contribution in [-0.2, 0) is 0 Å². The minimum atomic E-state index is 0.401. The van der Waals surface area contributed by atoms with Crippen LogP contribution in [0.25, 0.3) is 204 Å². The Morgan fingerprint density at radius 2 is 0.225 bits per heavy atom. The molecule has 20 aromatic heterocycles. The molecule has 0 saturated heterocycles. The lowest BCUT2D eigenvalue weighted by atomic mass is 9.97. The summed E-state index contributed by atoms with van der Waals surface area (Å²) in [6.45, 7) is 0. The van der Waals surface area contributed by atoms with E-state index in [9.17, 15) is 0 Å². The monoisotopic (exact) mass is 1550 g/mol. The molecule has 20 rings (SSSR count). The maximum absolute atomic E-state index is 5.42. The summed E-state index contributed by atoms with van der Waals surface area (Å²) in [6, 6.07) is 97.3. The molecule has 22 nitrogen and oxygen atoms in total. The Morgan fingerprint density at radius 3 is 0.367 bits per heavy atom. The number of nitrogens with zero attached hydrogens (tertiary/aromatic N) is 22. The van der Waals surface area contributed by atoms with E-state index in [0.29, 0.717) is 148 Å². The lowest BCUT2D eigenvalue weighted by Crippen LogP contribution is -2.03. The van der Waals surface area contributed by atoms with Gasteiger partial charge < -0.3 is 0 Å². The van der Waals surface area contributed by atoms with Crippen molar-refractivity contribution >= 4 is 0 Å². The van der Waals surface area contributed by atoms with Crippen molar-refractivity contribution in [2.24, 2.45) is 0 Å². The first-order valence-electron chi connectivity index (χ1n) is 38.3. The van der Waals surface area contributed by atoms with Crippen LogP contribution in [0.2, 0.25) is 0 Å². The Labute approximate surface area is 687 Å². The molecule has 564 valence electrons. The topological polar surface area (TPSA) is 284 Å². The van der Waals surface area contributed by atoms with Crippen LogP contribution >= 0.6 is 0 Å². The molecule has 0 saturated carbocycles. The molecule has 0 aromatic carbocycles. The van der Waals surface area contributed by atoms with Crippen molar-refractivity contribution < 1.29 is 0 Å². The second-order valence-corrected chi connectivity index (χ2v) is 27.3. The molecule has 0 atom stereocenters. The largest absolute Gasteiger partial charge is 0.255 e. The molecule has 0 bridgehead atoms. The predicted octanol–water partition coefficient (Wildman–Crippen LogP) is 20.1. The maximum atomic E-state index is 5.42. The number of rotatable bonds is 18. The summed E-state index contributed by atoms with van der Waals surface area (Å²) in [5.74, 6) is 1.20. The first-order chi connectivity index (χ1) is 59.4. The van der Waals surface area contributed by atoms with Gasteiger partial charge in [0.25, 0.3) is 0 Å². The van der Waals surface area contributed by atoms with Gasteiger partial charge in [0.15, 0.2) is 17.5 Å². The molecule has 120 heavy (non-hydrogen) atoms. The molecule has 0 unspecified atom stereocenters. The molecule has 0 aliphatic heterocycles. The van der Waals surface area contributed by atoms with Gasteiger partial charge in [0.1, 0.15) is 0 Å². The van der Waals surface area contributed by atoms with Crippen LogP contribution in [0.3, 0.4) is 0 Å². The molecule has 0 N–H and O–H groups in total. The van der Waals surface area contributed by atoms with Crippen LogP contribution in [0.5, 0.6) is 0 Å². The van der Waals surface area contributed by atoms with Gasteiger partial charge in [0.05, 0.1) is 148 Å². The quantitative estimate of drug-likeness (QED) is 0.0771. The lowest BCUT2D eigenvalue weighted by Gasteiger charge is -2.15. The maximum Gasteiger partial charge on any atom is 0.164 e. The van der Waals surface area contributed by atoms with Crippen LogP contribution in [0.4, 0.5) is 0 Å². The van der Waals surface area contributed by atoms with Gasteiger partial charge in [-0.3, -0.25) is 59.8 Å². The zero-order valence-electron chi connectivity index (χ0n) is 63.6. The summed E-state index contributed by atoms with van der Waals surface area (Å²) >= 11 is 0. The Hall–Kier alpha value is -17.1. The predicted molar refractivity (Wildman–Crippen MR) is 462 cm³/mol. The van der Waals surface area contributed by atoms with Crippen molar-refractivity contribution in [3.63, 3.8) is 0 Å². The third-order valence-electron chi connectivity index (χ3n) is 19.2. The van der Waals surface area contributed by atoms with E-state index in [1.807, 2.05) is 279 Å². The number of hydrogen-bond donors (Lipinski definition) is 0. The van der Waals surface area contributed by atoms with Crippen molar-refractivity contribution in [3.05, 3.63) is 378 Å². The van der Waals surface area contributed by atoms with Crippen LogP contribution < -0.4 is 0 Å². The zero-order chi connectivity index (χ0) is 80.2. The van der Waals surface area contributed by atoms with E-state index in [1.54, 1.807) is 74.4 Å². The normalized spacial score (nSPS) is 11.0. The molecule has 0 amide bonds. The summed E-state index contributed by atoms with van der Waals surface area (Å²) in [5.41, 5.74) is 23.5. The van der Waals surface area contributed by atoms with Gasteiger partial charge in [-0.1, -0.05) is 72.8 Å². The van der Waals surface area contributed by atoms with Gasteiger partial charge in [0, 0.05) is 102 Å². The van der Waals surface area contributed by atoms with E-state index in [0.717, 1.165) is 56.4 Å². The standard InChI is InChI=1S/C50H32N10.C48H30N12/c1-7-19-51-37(13-1)45-27-34(28-46(58-45)38-14-2-8-20-52-38)33-25-43(35-29-47(39-15-3-9-21-53-39)59-48(30-35)40-16-4-10-22-54-40)57-44(26-33)36-31-49(41-17-5-11-23-55-41)60-50(32-36)42-18-6-12-24-56-42;1-7-19-49-34(13-1)40-25-31(26-41(55-40)35-14-2-8-20-50-35)46-58-47(32-27-42(36-15-3-9-21-51-36)56-43(28-32)37-16-4-10-22-52-37)60-48(59-46)33-29-44(38-17-5-11-23-53-38)57-45(30-33)39-18-6-12-24-54-39/h1-32H;1-30H. The molecule has 20 aromatic rings. The van der Waals surface area contributed by atoms with E-state index in [2.05, 4.69) is 84.1 Å². The number of pyridine rings is 19. The molecule has 0 aliphatic carbocycles. The second-order valence-electron chi connectivity index (χ2n) is 27.3. The van der Waals surface area contributed by atoms with E-state index in [4.69, 9.17) is 49.8 Å². The Morgan fingerprint density at radius 1 is 0.100 bits per heavy atom. The van der Waals surface area contributed by atoms with Crippen LogP contribution in [-0.4, -0.2) is 110 Å². The van der Waals surface area contributed by atoms with Gasteiger partial charge in [-0.15, -0.1) is 0 Å². The summed E-state index contributed by atoms with van der Waals surface area (Å²) in [5, 5.41) is 0. The minimum absolute atomic E-state index is 0.401. The molecular formula is C98H62N22. The molecule has 0 aliphatic rings. The molecule has 22 heteroatoms. The Kier molecular flexibility index (Phi) is 20.6. The fraction of sp³-hybridized carbons (Fsp3) is 0. The summed E-state index contributed by atoms with van der Waals surface area (Å²) in [7, 11) is 0. The van der Waals surface area contributed by atoms with E-state index in [1.165, 1.54) is 0 Å². The fourth-order valence-electron chi connectivity index (χ4n) is 13.5. The third kappa shape index (κ3) is 16.5. The number of aromatic nitrogens is 22. The summed E-state index contributed by atoms with van der Waals surface area (Å²) in [4.78, 5) is 107. The first kappa shape index (κ1) is 73.1. The average Bonchev–Trinajstić information content (AvgIpc) is 0.772. The van der Waals surface area contributed by atoms with Crippen molar-refractivity contribution in [2.45, 2.75) is 0 Å². The average molecular weight is 1550 g/mol. The van der Waals surface area contributed by atoms with Gasteiger partial charge in [0.2, 0.25) is 0 Å². The van der Waals surface area contributed by atoms with Crippen molar-refractivity contribution in [3.8, 4) is 204 Å². The second kappa shape index (κ2) is 33.9. The molecule has 0 spiro atoms. The van der Waals surface area contributed by atoms with Gasteiger partial charge in [-0.05, 0) is 242 Å². The molecule has 0 fully saturated rings. The Balaban J connectivity index is 0.000000159. The van der Waals surface area contributed by atoms with E-state index < -0.39 is 0 Å². The molecule has 20 heterocycles. The van der Waals surface area contributed by atoms with E-state index in [-0.39, 0.29) is 0 Å². The van der Waals surface area contributed by atoms with Crippen molar-refractivity contribution in [1.29, 1.82) is 0 Å². The summed E-state index contributed by atoms with van der Waals surface area (Å²) in [6.07, 6.45) is 21.1. The van der Waals surface area contributed by atoms with Gasteiger partial charge >= 0.3 is 0 Å². The molecular weight excluding hydrogens is 1490 g/mol. The highest BCUT2D eigenvalue weighted by Gasteiger charge is 2.23. The van der Waals surface area contributed by atoms with Crippen molar-refractivity contribution in [1.82, 2.24) is 110 Å². The lowest BCUT2D eigenvalue weighted by molar-refractivity contribution is 1.07. The smallest absolute Gasteiger partial charge is 0.164 e. The van der Waals surface area contributed by atoms with Crippen LogP contribution in [0.15, 0.2) is 378 Å². The number of hydrogen-bond acceptors (Lipinski definition) is 22. The van der Waals surface area contributed by atoms with Crippen LogP contribution in [0.1, 0.15) is 0 Å². The highest BCUT2D eigenvalue weighted by molar-refractivity contribution is 5.85. The minimum Gasteiger partial charge on any atom is -0.255 e. The van der Waals surface area contributed by atoms with Crippen LogP contribution in [0, 0.1) is 0 Å². The first-order valence-corrected chi connectivity index (χ1v) is 38.3. The highest BCUT2D eigenvalue weighted by atomic mass is 15.0. The van der Waals surface area contributed by atoms with Gasteiger partial charge in [-0.2, -0.15) is 0 Å². The van der Waals surface area contributed by atoms with Gasteiger partial charge in [-0.25, -0.2) is 49.8 Å². The third-order valence-corrected chi connectivity index (χ3v) is 19.2. The zero-order valence-corrected chi connectivity index (χ0v) is 63.6. The fourth-order valence-corrected chi connectivity index (χ4v) is 13.5. The Bertz CT molecular complexity index is 5510. The SMILES string of the molecule is c1ccc(-c2cc(-c3cc(-c4cc(-c5ccccn5)nc(-c5ccccn5)c4)nc(-c4cc(-c5ccccn5)nc(-c5ccccn5)c4)c3)cc(-c3ccccn3)n2)nc1.c1ccc(-c2cc(-c3nc(-c4cc(-c5ccccn5)nc(-c5ccccn5)c4)nc(-c4cc(-c5ccccn5)nc(-c5ccccn5)c4)n3)cc(-c3ccccn3)n2)nc1.